The summed E-state index contributed by atoms with van der Waals surface area (Å²) >= 11 is 0. The van der Waals surface area contributed by atoms with Gasteiger partial charge in [-0.2, -0.15) is 0 Å². The number of rotatable bonds is 6. The van der Waals surface area contributed by atoms with Crippen molar-refractivity contribution in [3.63, 3.8) is 0 Å². The molecule has 0 N–H and O–H groups in total. The minimum absolute atomic E-state index is 0.370. The number of carbonyl (C=O) groups is 2. The first kappa shape index (κ1) is 13.9. The number of ether oxygens (including phenoxy) is 1. The molecular formula is C15H16O3. The van der Waals surface area contributed by atoms with E-state index in [9.17, 15) is 9.59 Å². The van der Waals surface area contributed by atoms with Crippen LogP contribution in [0.1, 0.15) is 21.5 Å². The Morgan fingerprint density at radius 1 is 1.22 bits per heavy atom. The Hall–Kier alpha value is -2.16. The van der Waals surface area contributed by atoms with Crippen molar-refractivity contribution in [2.24, 2.45) is 0 Å². The smallest absolute Gasteiger partial charge is 0.379 e. The minimum Gasteiger partial charge on any atom is -0.463 e. The first-order valence-electron chi connectivity index (χ1n) is 5.60. The summed E-state index contributed by atoms with van der Waals surface area (Å²) in [5.41, 5.74) is 2.19. The van der Waals surface area contributed by atoms with Crippen molar-refractivity contribution in [2.45, 2.75) is 12.8 Å². The molecule has 0 aliphatic carbocycles. The van der Waals surface area contributed by atoms with Crippen LogP contribution >= 0.6 is 0 Å². The molecule has 0 amide bonds. The zero-order chi connectivity index (χ0) is 13.5. The van der Waals surface area contributed by atoms with E-state index in [4.69, 9.17) is 0 Å². The lowest BCUT2D eigenvalue weighted by Gasteiger charge is -2.08. The second-order valence-electron chi connectivity index (χ2n) is 3.80. The van der Waals surface area contributed by atoms with E-state index in [0.29, 0.717) is 12.0 Å². The quantitative estimate of drug-likeness (QED) is 0.334. The molecule has 0 saturated heterocycles. The fourth-order valence-corrected chi connectivity index (χ4v) is 1.69. The Balaban J connectivity index is 3.17. The van der Waals surface area contributed by atoms with Gasteiger partial charge in [-0.15, -0.1) is 13.2 Å². The second-order valence-corrected chi connectivity index (χ2v) is 3.80. The van der Waals surface area contributed by atoms with Gasteiger partial charge in [0.25, 0.3) is 5.78 Å². The van der Waals surface area contributed by atoms with Crippen LogP contribution in [0.25, 0.3) is 0 Å². The van der Waals surface area contributed by atoms with E-state index in [0.717, 1.165) is 17.5 Å². The third-order valence-corrected chi connectivity index (χ3v) is 2.53. The molecule has 1 aromatic carbocycles. The SMILES string of the molecule is C=CCc1ccc(C(=O)C(=O)OC)c(CC=C)c1. The first-order chi connectivity index (χ1) is 8.63. The molecular weight excluding hydrogens is 228 g/mol. The standard InChI is InChI=1S/C15H16O3/c1-4-6-11-8-9-13(12(10-11)7-5-2)14(16)15(17)18-3/h4-5,8-10H,1-2,6-7H2,3H3. The molecule has 3 heteroatoms. The van der Waals surface area contributed by atoms with Crippen LogP contribution in [0, 0.1) is 0 Å². The Morgan fingerprint density at radius 3 is 2.44 bits per heavy atom. The normalized spacial score (nSPS) is 9.61. The van der Waals surface area contributed by atoms with Crippen molar-refractivity contribution in [3.05, 3.63) is 60.2 Å². The van der Waals surface area contributed by atoms with Gasteiger partial charge in [0.15, 0.2) is 0 Å². The molecule has 0 unspecified atom stereocenters. The summed E-state index contributed by atoms with van der Waals surface area (Å²) in [7, 11) is 1.19. The molecule has 0 aliphatic heterocycles. The maximum atomic E-state index is 11.8. The van der Waals surface area contributed by atoms with Gasteiger partial charge in [0.2, 0.25) is 0 Å². The number of Topliss-reactive ketones (excluding diaryl/α,β-unsaturated/α-hetero) is 1. The number of ketones is 1. The molecule has 0 aliphatic rings. The van der Waals surface area contributed by atoms with Crippen LogP contribution in [0.5, 0.6) is 0 Å². The Kier molecular flexibility index (Phi) is 5.06. The van der Waals surface area contributed by atoms with Crippen LogP contribution < -0.4 is 0 Å². The number of carbonyl (C=O) groups excluding carboxylic acids is 2. The van der Waals surface area contributed by atoms with E-state index in [1.54, 1.807) is 18.2 Å². The van der Waals surface area contributed by atoms with Crippen molar-refractivity contribution in [2.75, 3.05) is 7.11 Å². The van der Waals surface area contributed by atoms with Gasteiger partial charge < -0.3 is 4.74 Å². The highest BCUT2D eigenvalue weighted by atomic mass is 16.5. The van der Waals surface area contributed by atoms with Gasteiger partial charge in [0.05, 0.1) is 7.11 Å². The van der Waals surface area contributed by atoms with E-state index in [1.807, 2.05) is 12.1 Å². The monoisotopic (exact) mass is 244 g/mol. The van der Waals surface area contributed by atoms with Crippen molar-refractivity contribution in [3.8, 4) is 0 Å². The second kappa shape index (κ2) is 6.55. The molecule has 0 radical (unpaired) electrons. The van der Waals surface area contributed by atoms with Crippen molar-refractivity contribution >= 4 is 11.8 Å². The lowest BCUT2D eigenvalue weighted by molar-refractivity contribution is -0.135. The maximum absolute atomic E-state index is 11.8. The maximum Gasteiger partial charge on any atom is 0.379 e. The van der Waals surface area contributed by atoms with Gasteiger partial charge in [-0.1, -0.05) is 30.4 Å². The first-order valence-corrected chi connectivity index (χ1v) is 5.60. The summed E-state index contributed by atoms with van der Waals surface area (Å²) in [6, 6.07) is 5.35. The van der Waals surface area contributed by atoms with Crippen molar-refractivity contribution in [1.82, 2.24) is 0 Å². The lowest BCUT2D eigenvalue weighted by atomic mass is 9.97. The molecule has 18 heavy (non-hydrogen) atoms. The highest BCUT2D eigenvalue weighted by Gasteiger charge is 2.19. The van der Waals surface area contributed by atoms with Crippen molar-refractivity contribution < 1.29 is 14.3 Å². The van der Waals surface area contributed by atoms with Crippen molar-refractivity contribution in [1.29, 1.82) is 0 Å². The molecule has 1 aromatic rings. The summed E-state index contributed by atoms with van der Waals surface area (Å²) in [5.74, 6) is -1.48. The molecule has 0 bridgehead atoms. The van der Waals surface area contributed by atoms with Gasteiger partial charge >= 0.3 is 5.97 Å². The van der Waals surface area contributed by atoms with Gasteiger partial charge in [-0.05, 0) is 24.0 Å². The fourth-order valence-electron chi connectivity index (χ4n) is 1.69. The van der Waals surface area contributed by atoms with Crippen LogP contribution in [0.3, 0.4) is 0 Å². The van der Waals surface area contributed by atoms with Gasteiger partial charge in [0, 0.05) is 5.56 Å². The van der Waals surface area contributed by atoms with Gasteiger partial charge in [0.1, 0.15) is 0 Å². The number of esters is 1. The van der Waals surface area contributed by atoms with Crippen LogP contribution in [0.15, 0.2) is 43.5 Å². The predicted octanol–water partition coefficient (Wildman–Crippen LogP) is 2.50. The third kappa shape index (κ3) is 3.17. The number of hydrogen-bond donors (Lipinski definition) is 0. The molecule has 0 aromatic heterocycles. The molecule has 94 valence electrons. The number of allylic oxidation sites excluding steroid dienone is 2. The Morgan fingerprint density at radius 2 is 1.89 bits per heavy atom. The van der Waals surface area contributed by atoms with Gasteiger partial charge in [-0.25, -0.2) is 4.79 Å². The Labute approximate surface area is 107 Å². The van der Waals surface area contributed by atoms with Crippen LogP contribution in [-0.4, -0.2) is 18.9 Å². The minimum atomic E-state index is -0.850. The topological polar surface area (TPSA) is 43.4 Å². The summed E-state index contributed by atoms with van der Waals surface area (Å²) in [5, 5.41) is 0. The molecule has 0 atom stereocenters. The average Bonchev–Trinajstić information content (AvgIpc) is 2.38. The average molecular weight is 244 g/mol. The summed E-state index contributed by atoms with van der Waals surface area (Å²) < 4.78 is 4.45. The molecule has 0 spiro atoms. The zero-order valence-electron chi connectivity index (χ0n) is 10.4. The lowest BCUT2D eigenvalue weighted by Crippen LogP contribution is -2.17. The fraction of sp³-hybridized carbons (Fsp3) is 0.200. The summed E-state index contributed by atoms with van der Waals surface area (Å²) in [4.78, 5) is 23.1. The Bertz CT molecular complexity index is 487. The molecule has 0 fully saturated rings. The molecule has 0 saturated carbocycles. The van der Waals surface area contributed by atoms with Gasteiger partial charge in [-0.3, -0.25) is 4.79 Å². The highest BCUT2D eigenvalue weighted by molar-refractivity contribution is 6.41. The third-order valence-electron chi connectivity index (χ3n) is 2.53. The predicted molar refractivity (Wildman–Crippen MR) is 70.6 cm³/mol. The molecule has 3 nitrogen and oxygen atoms in total. The van der Waals surface area contributed by atoms with E-state index in [-0.39, 0.29) is 0 Å². The number of benzene rings is 1. The van der Waals surface area contributed by atoms with E-state index >= 15 is 0 Å². The van der Waals surface area contributed by atoms with E-state index in [1.165, 1.54) is 7.11 Å². The molecule has 0 heterocycles. The zero-order valence-corrected chi connectivity index (χ0v) is 10.4. The largest absolute Gasteiger partial charge is 0.463 e. The molecule has 1 rings (SSSR count). The van der Waals surface area contributed by atoms with Crippen LogP contribution in [0.4, 0.5) is 0 Å². The number of hydrogen-bond acceptors (Lipinski definition) is 3. The highest BCUT2D eigenvalue weighted by Crippen LogP contribution is 2.15. The van der Waals surface area contributed by atoms with E-state index in [2.05, 4.69) is 17.9 Å². The van der Waals surface area contributed by atoms with E-state index < -0.39 is 11.8 Å². The number of methoxy groups -OCH3 is 1. The van der Waals surface area contributed by atoms with Crippen LogP contribution in [0.2, 0.25) is 0 Å². The summed E-state index contributed by atoms with van der Waals surface area (Å²) in [6.45, 7) is 7.32. The van der Waals surface area contributed by atoms with Crippen LogP contribution in [-0.2, 0) is 22.4 Å². The summed E-state index contributed by atoms with van der Waals surface area (Å²) in [6.07, 6.45) is 4.73.